The summed E-state index contributed by atoms with van der Waals surface area (Å²) in [5.74, 6) is -0.257. The topological polar surface area (TPSA) is 59.1 Å². The summed E-state index contributed by atoms with van der Waals surface area (Å²) in [4.78, 5) is 4.01. The van der Waals surface area contributed by atoms with Crippen LogP contribution in [0.25, 0.3) is 0 Å². The molecule has 4 nitrogen and oxygen atoms in total. The highest BCUT2D eigenvalue weighted by Crippen LogP contribution is 2.29. The molecule has 0 saturated carbocycles. The third-order valence-electron chi connectivity index (χ3n) is 2.79. The van der Waals surface area contributed by atoms with Crippen molar-refractivity contribution in [3.05, 3.63) is 59.3 Å². The first-order chi connectivity index (χ1) is 10.2. The van der Waals surface area contributed by atoms with Gasteiger partial charge in [-0.1, -0.05) is 18.2 Å². The minimum Gasteiger partial charge on any atom is -0.267 e. The maximum Gasteiger partial charge on any atom is 0.416 e. The summed E-state index contributed by atoms with van der Waals surface area (Å²) in [6, 6.07) is 8.87. The van der Waals surface area contributed by atoms with E-state index in [1.165, 1.54) is 6.07 Å². The molecule has 0 amide bonds. The molecule has 0 aliphatic rings. The standard InChI is InChI=1S/C14H13F3N2O2S/c1-10-3-2-4-13(18-10)19-22(20,21)9-11-5-7-12(8-6-11)14(15,16)17/h2-8H,9H2,1H3,(H,18,19). The molecule has 2 aromatic rings. The number of rotatable bonds is 4. The van der Waals surface area contributed by atoms with E-state index in [0.717, 1.165) is 24.3 Å². The van der Waals surface area contributed by atoms with Crippen molar-refractivity contribution in [1.29, 1.82) is 0 Å². The number of pyridine rings is 1. The molecule has 0 fully saturated rings. The van der Waals surface area contributed by atoms with Gasteiger partial charge in [-0.2, -0.15) is 13.2 Å². The van der Waals surface area contributed by atoms with Crippen LogP contribution in [0.1, 0.15) is 16.8 Å². The van der Waals surface area contributed by atoms with Gasteiger partial charge in [0.05, 0.1) is 11.3 Å². The summed E-state index contributed by atoms with van der Waals surface area (Å²) >= 11 is 0. The lowest BCUT2D eigenvalue weighted by molar-refractivity contribution is -0.137. The summed E-state index contributed by atoms with van der Waals surface area (Å²) < 4.78 is 63.6. The van der Waals surface area contributed by atoms with E-state index in [0.29, 0.717) is 5.69 Å². The molecule has 8 heteroatoms. The van der Waals surface area contributed by atoms with Crippen molar-refractivity contribution in [2.75, 3.05) is 4.72 Å². The lowest BCUT2D eigenvalue weighted by Crippen LogP contribution is -2.16. The van der Waals surface area contributed by atoms with Crippen LogP contribution in [-0.4, -0.2) is 13.4 Å². The summed E-state index contributed by atoms with van der Waals surface area (Å²) in [6.45, 7) is 1.72. The van der Waals surface area contributed by atoms with Gasteiger partial charge in [-0.15, -0.1) is 0 Å². The maximum atomic E-state index is 12.4. The lowest BCUT2D eigenvalue weighted by atomic mass is 10.1. The maximum absolute atomic E-state index is 12.4. The molecular formula is C14H13F3N2O2S. The minimum atomic E-state index is -4.44. The van der Waals surface area contributed by atoms with Gasteiger partial charge in [0, 0.05) is 5.69 Å². The fraction of sp³-hybridized carbons (Fsp3) is 0.214. The van der Waals surface area contributed by atoms with Crippen molar-refractivity contribution in [2.45, 2.75) is 18.9 Å². The second-order valence-electron chi connectivity index (χ2n) is 4.72. The molecule has 0 spiro atoms. The van der Waals surface area contributed by atoms with Gasteiger partial charge in [0.2, 0.25) is 10.0 Å². The van der Waals surface area contributed by atoms with Crippen LogP contribution in [0.2, 0.25) is 0 Å². The smallest absolute Gasteiger partial charge is 0.267 e. The van der Waals surface area contributed by atoms with Crippen LogP contribution < -0.4 is 4.72 Å². The van der Waals surface area contributed by atoms with Gasteiger partial charge in [0.25, 0.3) is 0 Å². The molecule has 1 aromatic heterocycles. The average molecular weight is 330 g/mol. The molecule has 0 radical (unpaired) electrons. The summed E-state index contributed by atoms with van der Waals surface area (Å²) in [6.07, 6.45) is -4.44. The van der Waals surface area contributed by atoms with Crippen LogP contribution >= 0.6 is 0 Å². The molecule has 1 aromatic carbocycles. The third kappa shape index (κ3) is 4.45. The SMILES string of the molecule is Cc1cccc(NS(=O)(=O)Cc2ccc(C(F)(F)F)cc2)n1. The number of aromatic nitrogens is 1. The lowest BCUT2D eigenvalue weighted by Gasteiger charge is -2.09. The summed E-state index contributed by atoms with van der Waals surface area (Å²) in [7, 11) is -3.75. The van der Waals surface area contributed by atoms with Crippen LogP contribution in [-0.2, 0) is 22.0 Å². The Labute approximate surface area is 126 Å². The number of hydrogen-bond acceptors (Lipinski definition) is 3. The molecule has 22 heavy (non-hydrogen) atoms. The summed E-state index contributed by atoms with van der Waals surface area (Å²) in [5.41, 5.74) is 0.0878. The van der Waals surface area contributed by atoms with Gasteiger partial charge < -0.3 is 0 Å². The van der Waals surface area contributed by atoms with Crippen molar-refractivity contribution in [2.24, 2.45) is 0 Å². The number of benzene rings is 1. The van der Waals surface area contributed by atoms with Gasteiger partial charge in [-0.05, 0) is 36.8 Å². The Morgan fingerprint density at radius 1 is 1.09 bits per heavy atom. The number of halogens is 3. The summed E-state index contributed by atoms with van der Waals surface area (Å²) in [5, 5.41) is 0. The van der Waals surface area contributed by atoms with E-state index in [2.05, 4.69) is 9.71 Å². The molecule has 118 valence electrons. The van der Waals surface area contributed by atoms with Crippen LogP contribution in [0.3, 0.4) is 0 Å². The molecule has 0 aliphatic carbocycles. The third-order valence-corrected chi connectivity index (χ3v) is 4.02. The Bertz CT molecular complexity index is 756. The number of hydrogen-bond donors (Lipinski definition) is 1. The first kappa shape index (κ1) is 16.3. The molecule has 1 N–H and O–H groups in total. The molecule has 0 atom stereocenters. The number of aryl methyl sites for hydroxylation is 1. The first-order valence-electron chi connectivity index (χ1n) is 6.26. The Hall–Kier alpha value is -2.09. The molecular weight excluding hydrogens is 317 g/mol. The zero-order valence-corrected chi connectivity index (χ0v) is 12.4. The zero-order chi connectivity index (χ0) is 16.4. The quantitative estimate of drug-likeness (QED) is 0.935. The Morgan fingerprint density at radius 2 is 1.73 bits per heavy atom. The number of anilines is 1. The van der Waals surface area contributed by atoms with E-state index in [1.54, 1.807) is 19.1 Å². The second-order valence-corrected chi connectivity index (χ2v) is 6.44. The van der Waals surface area contributed by atoms with E-state index >= 15 is 0 Å². The predicted molar refractivity (Wildman–Crippen MR) is 76.7 cm³/mol. The Kier molecular flexibility index (Phi) is 4.41. The molecule has 0 aliphatic heterocycles. The van der Waals surface area contributed by atoms with Crippen molar-refractivity contribution in [3.8, 4) is 0 Å². The van der Waals surface area contributed by atoms with Crippen molar-refractivity contribution < 1.29 is 21.6 Å². The van der Waals surface area contributed by atoms with Gasteiger partial charge in [-0.25, -0.2) is 13.4 Å². The molecule has 0 unspecified atom stereocenters. The molecule has 1 heterocycles. The van der Waals surface area contributed by atoms with Crippen LogP contribution in [0.15, 0.2) is 42.5 Å². The number of alkyl halides is 3. The van der Waals surface area contributed by atoms with E-state index in [-0.39, 0.29) is 11.4 Å². The number of nitrogens with zero attached hydrogens (tertiary/aromatic N) is 1. The Morgan fingerprint density at radius 3 is 2.27 bits per heavy atom. The highest BCUT2D eigenvalue weighted by molar-refractivity contribution is 7.91. The van der Waals surface area contributed by atoms with E-state index in [4.69, 9.17) is 0 Å². The van der Waals surface area contributed by atoms with Crippen LogP contribution in [0.4, 0.5) is 19.0 Å². The predicted octanol–water partition coefficient (Wildman–Crippen LogP) is 3.35. The van der Waals surface area contributed by atoms with Crippen LogP contribution in [0, 0.1) is 6.92 Å². The van der Waals surface area contributed by atoms with Gasteiger partial charge in [0.15, 0.2) is 0 Å². The fourth-order valence-corrected chi connectivity index (χ4v) is 2.94. The number of nitrogens with one attached hydrogen (secondary N) is 1. The molecule has 2 rings (SSSR count). The zero-order valence-electron chi connectivity index (χ0n) is 11.6. The Balaban J connectivity index is 2.12. The number of sulfonamides is 1. The monoisotopic (exact) mass is 330 g/mol. The highest BCUT2D eigenvalue weighted by atomic mass is 32.2. The average Bonchev–Trinajstić information content (AvgIpc) is 2.37. The second kappa shape index (κ2) is 5.96. The van der Waals surface area contributed by atoms with E-state index in [9.17, 15) is 21.6 Å². The molecule has 0 bridgehead atoms. The fourth-order valence-electron chi connectivity index (χ4n) is 1.80. The largest absolute Gasteiger partial charge is 0.416 e. The van der Waals surface area contributed by atoms with Crippen LogP contribution in [0.5, 0.6) is 0 Å². The van der Waals surface area contributed by atoms with Crippen molar-refractivity contribution in [1.82, 2.24) is 4.98 Å². The normalized spacial score (nSPS) is 12.2. The minimum absolute atomic E-state index is 0.173. The van der Waals surface area contributed by atoms with Gasteiger partial charge in [0.1, 0.15) is 5.82 Å². The first-order valence-corrected chi connectivity index (χ1v) is 7.91. The van der Waals surface area contributed by atoms with E-state index in [1.807, 2.05) is 0 Å². The van der Waals surface area contributed by atoms with E-state index < -0.39 is 27.5 Å². The highest BCUT2D eigenvalue weighted by Gasteiger charge is 2.30. The molecule has 0 saturated heterocycles. The van der Waals surface area contributed by atoms with Crippen molar-refractivity contribution >= 4 is 15.8 Å². The van der Waals surface area contributed by atoms with Gasteiger partial charge in [-0.3, -0.25) is 4.72 Å². The van der Waals surface area contributed by atoms with Gasteiger partial charge >= 0.3 is 6.18 Å². The van der Waals surface area contributed by atoms with Crippen molar-refractivity contribution in [3.63, 3.8) is 0 Å².